The molecule has 2 aromatic carbocycles. The third-order valence-electron chi connectivity index (χ3n) is 4.01. The van der Waals surface area contributed by atoms with Gasteiger partial charge in [-0.2, -0.15) is 10.1 Å². The molecule has 1 amide bonds. The molecule has 25 heavy (non-hydrogen) atoms. The Bertz CT molecular complexity index is 691. The van der Waals surface area contributed by atoms with E-state index in [2.05, 4.69) is 12.0 Å². The van der Waals surface area contributed by atoms with Crippen molar-refractivity contribution in [2.75, 3.05) is 12.1 Å². The minimum Gasteiger partial charge on any atom is -0.497 e. The van der Waals surface area contributed by atoms with E-state index < -0.39 is 0 Å². The van der Waals surface area contributed by atoms with Crippen LogP contribution in [-0.2, 0) is 6.42 Å². The SMILES string of the molecule is C/C=N/N(C(=O)c1ccc(CCCCC)cc1)c1ccc(OC)cc1. The number of unbranched alkanes of at least 4 members (excludes halogenated alkanes) is 2. The molecule has 2 rings (SSSR count). The van der Waals surface area contributed by atoms with Gasteiger partial charge in [0.1, 0.15) is 5.75 Å². The van der Waals surface area contributed by atoms with Gasteiger partial charge in [-0.25, -0.2) is 0 Å². The quantitative estimate of drug-likeness (QED) is 0.382. The highest BCUT2D eigenvalue weighted by Crippen LogP contribution is 2.22. The molecule has 0 atom stereocenters. The van der Waals surface area contributed by atoms with Gasteiger partial charge in [-0.15, -0.1) is 0 Å². The zero-order valence-corrected chi connectivity index (χ0v) is 15.2. The van der Waals surface area contributed by atoms with Crippen LogP contribution in [0.25, 0.3) is 0 Å². The van der Waals surface area contributed by atoms with Crippen molar-refractivity contribution >= 4 is 17.8 Å². The van der Waals surface area contributed by atoms with Gasteiger partial charge in [-0.05, 0) is 61.7 Å². The molecule has 0 aliphatic carbocycles. The molecule has 0 saturated heterocycles. The number of hydrogen-bond donors (Lipinski definition) is 0. The highest BCUT2D eigenvalue weighted by Gasteiger charge is 2.17. The van der Waals surface area contributed by atoms with Crippen LogP contribution in [0.4, 0.5) is 5.69 Å². The van der Waals surface area contributed by atoms with Crippen LogP contribution in [0.5, 0.6) is 5.75 Å². The Balaban J connectivity index is 2.16. The van der Waals surface area contributed by atoms with Gasteiger partial charge in [0.05, 0.1) is 12.8 Å². The van der Waals surface area contributed by atoms with E-state index in [1.807, 2.05) is 48.5 Å². The molecule has 2 aromatic rings. The predicted molar refractivity (Wildman–Crippen MR) is 104 cm³/mol. The highest BCUT2D eigenvalue weighted by molar-refractivity contribution is 6.06. The maximum absolute atomic E-state index is 12.8. The summed E-state index contributed by atoms with van der Waals surface area (Å²) in [6.45, 7) is 3.99. The van der Waals surface area contributed by atoms with Gasteiger partial charge in [-0.3, -0.25) is 4.79 Å². The summed E-state index contributed by atoms with van der Waals surface area (Å²) >= 11 is 0. The van der Waals surface area contributed by atoms with Crippen molar-refractivity contribution < 1.29 is 9.53 Å². The Labute approximate surface area is 150 Å². The van der Waals surface area contributed by atoms with Crippen LogP contribution in [0.15, 0.2) is 53.6 Å². The summed E-state index contributed by atoms with van der Waals surface area (Å²) in [5.74, 6) is 0.594. The van der Waals surface area contributed by atoms with Gasteiger partial charge < -0.3 is 4.74 Å². The summed E-state index contributed by atoms with van der Waals surface area (Å²) in [5.41, 5.74) is 2.59. The summed E-state index contributed by atoms with van der Waals surface area (Å²) in [5, 5.41) is 5.64. The van der Waals surface area contributed by atoms with Gasteiger partial charge in [-0.1, -0.05) is 31.9 Å². The molecule has 132 valence electrons. The number of benzene rings is 2. The lowest BCUT2D eigenvalue weighted by Crippen LogP contribution is -2.25. The molecule has 0 N–H and O–H groups in total. The second-order valence-corrected chi connectivity index (χ2v) is 5.84. The average molecular weight is 338 g/mol. The lowest BCUT2D eigenvalue weighted by atomic mass is 10.0. The number of rotatable bonds is 8. The smallest absolute Gasteiger partial charge is 0.278 e. The number of carbonyl (C=O) groups excluding carboxylic acids is 1. The van der Waals surface area contributed by atoms with Crippen molar-refractivity contribution in [3.63, 3.8) is 0 Å². The Morgan fingerprint density at radius 2 is 1.76 bits per heavy atom. The van der Waals surface area contributed by atoms with Gasteiger partial charge in [0.2, 0.25) is 0 Å². The molecular weight excluding hydrogens is 312 g/mol. The average Bonchev–Trinajstić information content (AvgIpc) is 2.66. The Kier molecular flexibility index (Phi) is 7.20. The Morgan fingerprint density at radius 3 is 2.32 bits per heavy atom. The first kappa shape index (κ1) is 18.7. The van der Waals surface area contributed by atoms with Gasteiger partial charge in [0.15, 0.2) is 0 Å². The molecule has 0 heterocycles. The summed E-state index contributed by atoms with van der Waals surface area (Å²) in [6.07, 6.45) is 6.29. The van der Waals surface area contributed by atoms with Crippen LogP contribution < -0.4 is 9.75 Å². The fourth-order valence-corrected chi connectivity index (χ4v) is 2.59. The molecule has 4 nitrogen and oxygen atoms in total. The monoisotopic (exact) mass is 338 g/mol. The molecule has 0 aromatic heterocycles. The van der Waals surface area contributed by atoms with Crippen LogP contribution in [0, 0.1) is 0 Å². The van der Waals surface area contributed by atoms with E-state index in [1.165, 1.54) is 29.8 Å². The van der Waals surface area contributed by atoms with E-state index in [0.717, 1.165) is 12.2 Å². The van der Waals surface area contributed by atoms with E-state index in [0.29, 0.717) is 11.3 Å². The van der Waals surface area contributed by atoms with Crippen molar-refractivity contribution in [1.29, 1.82) is 0 Å². The van der Waals surface area contributed by atoms with E-state index in [9.17, 15) is 4.79 Å². The number of aryl methyl sites for hydroxylation is 1. The minimum absolute atomic E-state index is 0.150. The molecule has 0 aliphatic heterocycles. The fourth-order valence-electron chi connectivity index (χ4n) is 2.59. The lowest BCUT2D eigenvalue weighted by molar-refractivity contribution is 0.0988. The number of hydrogen-bond acceptors (Lipinski definition) is 3. The molecule has 0 bridgehead atoms. The Morgan fingerprint density at radius 1 is 1.08 bits per heavy atom. The number of ether oxygens (including phenoxy) is 1. The standard InChI is InChI=1S/C21H26N2O2/c1-4-6-7-8-17-9-11-18(12-10-17)21(24)23(22-5-2)19-13-15-20(25-3)16-14-19/h5,9-16H,4,6-8H2,1-3H3/b22-5+. The van der Waals surface area contributed by atoms with Gasteiger partial charge >= 0.3 is 0 Å². The number of carbonyl (C=O) groups is 1. The van der Waals surface area contributed by atoms with Crippen LogP contribution >= 0.6 is 0 Å². The first-order valence-electron chi connectivity index (χ1n) is 8.75. The van der Waals surface area contributed by atoms with Crippen molar-refractivity contribution in [2.45, 2.75) is 39.5 Å². The third kappa shape index (κ3) is 5.18. The molecule has 0 fully saturated rings. The number of amides is 1. The van der Waals surface area contributed by atoms with Crippen molar-refractivity contribution in [2.24, 2.45) is 5.10 Å². The van der Waals surface area contributed by atoms with E-state index >= 15 is 0 Å². The zero-order valence-electron chi connectivity index (χ0n) is 15.2. The summed E-state index contributed by atoms with van der Waals surface area (Å²) < 4.78 is 5.17. The number of hydrazone groups is 1. The molecule has 0 spiro atoms. The van der Waals surface area contributed by atoms with Crippen molar-refractivity contribution in [1.82, 2.24) is 0 Å². The molecule has 0 radical (unpaired) electrons. The minimum atomic E-state index is -0.150. The molecule has 0 aliphatic rings. The van der Waals surface area contributed by atoms with Crippen LogP contribution in [-0.4, -0.2) is 19.2 Å². The summed E-state index contributed by atoms with van der Waals surface area (Å²) in [6, 6.07) is 15.1. The maximum atomic E-state index is 12.8. The third-order valence-corrected chi connectivity index (χ3v) is 4.01. The van der Waals surface area contributed by atoms with E-state index in [4.69, 9.17) is 4.74 Å². The normalized spacial score (nSPS) is 10.8. The topological polar surface area (TPSA) is 41.9 Å². The molecular formula is C21H26N2O2. The highest BCUT2D eigenvalue weighted by atomic mass is 16.5. The summed E-state index contributed by atoms with van der Waals surface area (Å²) in [4.78, 5) is 12.8. The maximum Gasteiger partial charge on any atom is 0.278 e. The first-order valence-corrected chi connectivity index (χ1v) is 8.75. The van der Waals surface area contributed by atoms with Crippen molar-refractivity contribution in [3.8, 4) is 5.75 Å². The number of anilines is 1. The number of methoxy groups -OCH3 is 1. The molecule has 0 unspecified atom stereocenters. The van der Waals surface area contributed by atoms with Crippen LogP contribution in [0.3, 0.4) is 0 Å². The lowest BCUT2D eigenvalue weighted by Gasteiger charge is -2.17. The fraction of sp³-hybridized carbons (Fsp3) is 0.333. The van der Waals surface area contributed by atoms with E-state index in [-0.39, 0.29) is 5.91 Å². The van der Waals surface area contributed by atoms with Crippen LogP contribution in [0.2, 0.25) is 0 Å². The number of nitrogens with zero attached hydrogens (tertiary/aromatic N) is 2. The van der Waals surface area contributed by atoms with Crippen LogP contribution in [0.1, 0.15) is 49.0 Å². The Hall–Kier alpha value is -2.62. The predicted octanol–water partition coefficient (Wildman–Crippen LogP) is 5.08. The second-order valence-electron chi connectivity index (χ2n) is 5.84. The van der Waals surface area contributed by atoms with Crippen molar-refractivity contribution in [3.05, 3.63) is 59.7 Å². The first-order chi connectivity index (χ1) is 12.2. The zero-order chi connectivity index (χ0) is 18.1. The summed E-state index contributed by atoms with van der Waals surface area (Å²) in [7, 11) is 1.62. The van der Waals surface area contributed by atoms with Gasteiger partial charge in [0.25, 0.3) is 5.91 Å². The second kappa shape index (κ2) is 9.62. The van der Waals surface area contributed by atoms with Gasteiger partial charge in [0, 0.05) is 11.8 Å². The van der Waals surface area contributed by atoms with E-state index in [1.54, 1.807) is 20.2 Å². The largest absolute Gasteiger partial charge is 0.497 e. The molecule has 4 heteroatoms. The molecule has 0 saturated carbocycles.